The molecule has 0 fully saturated rings. The second kappa shape index (κ2) is 8.53. The van der Waals surface area contributed by atoms with Crippen LogP contribution >= 0.6 is 0 Å². The lowest BCUT2D eigenvalue weighted by molar-refractivity contribution is -0.122. The van der Waals surface area contributed by atoms with Gasteiger partial charge in [0.05, 0.1) is 0 Å². The van der Waals surface area contributed by atoms with Crippen molar-refractivity contribution in [1.82, 2.24) is 5.32 Å². The zero-order valence-corrected chi connectivity index (χ0v) is 14.2. The molecule has 1 unspecified atom stereocenters. The molecule has 2 aromatic rings. The van der Waals surface area contributed by atoms with E-state index in [1.165, 1.54) is 10.8 Å². The van der Waals surface area contributed by atoms with Gasteiger partial charge in [-0.1, -0.05) is 30.3 Å². The van der Waals surface area contributed by atoms with Crippen molar-refractivity contribution in [3.63, 3.8) is 0 Å². The molecule has 23 heavy (non-hydrogen) atoms. The molecule has 0 aromatic heterocycles. The van der Waals surface area contributed by atoms with E-state index in [4.69, 9.17) is 4.74 Å². The van der Waals surface area contributed by atoms with E-state index in [9.17, 15) is 4.79 Å². The standard InChI is InChI=1S/C19H26N2O2/c1-4-23-13-7-12-20-19(22)15(2)21(3)18-11-10-16-8-5-6-9-17(16)14-18/h5-6,8-11,14-15H,4,7,12-13H2,1-3H3,(H,20,22). The van der Waals surface area contributed by atoms with Crippen LogP contribution in [0.15, 0.2) is 42.5 Å². The number of ether oxygens (including phenoxy) is 1. The van der Waals surface area contributed by atoms with Gasteiger partial charge in [-0.2, -0.15) is 0 Å². The van der Waals surface area contributed by atoms with Crippen LogP contribution in [0.5, 0.6) is 0 Å². The van der Waals surface area contributed by atoms with Crippen LogP contribution in [0.2, 0.25) is 0 Å². The van der Waals surface area contributed by atoms with Crippen LogP contribution in [0.3, 0.4) is 0 Å². The second-order valence-electron chi connectivity index (χ2n) is 5.66. The van der Waals surface area contributed by atoms with Gasteiger partial charge in [-0.15, -0.1) is 0 Å². The molecule has 0 heterocycles. The molecule has 1 atom stereocenters. The molecule has 4 heteroatoms. The number of likely N-dealkylation sites (N-methyl/N-ethyl adjacent to an activating group) is 1. The lowest BCUT2D eigenvalue weighted by Gasteiger charge is -2.26. The molecule has 0 spiro atoms. The highest BCUT2D eigenvalue weighted by molar-refractivity contribution is 5.88. The number of amides is 1. The summed E-state index contributed by atoms with van der Waals surface area (Å²) < 4.78 is 5.27. The summed E-state index contributed by atoms with van der Waals surface area (Å²) in [5.41, 5.74) is 1.04. The van der Waals surface area contributed by atoms with Crippen molar-refractivity contribution in [3.8, 4) is 0 Å². The molecule has 2 aromatic carbocycles. The third kappa shape index (κ3) is 4.70. The lowest BCUT2D eigenvalue weighted by atomic mass is 10.1. The molecular formula is C19H26N2O2. The van der Waals surface area contributed by atoms with E-state index in [1.54, 1.807) is 0 Å². The highest BCUT2D eigenvalue weighted by atomic mass is 16.5. The van der Waals surface area contributed by atoms with Gasteiger partial charge in [0.15, 0.2) is 0 Å². The zero-order valence-electron chi connectivity index (χ0n) is 14.2. The smallest absolute Gasteiger partial charge is 0.242 e. The maximum absolute atomic E-state index is 12.3. The van der Waals surface area contributed by atoms with Gasteiger partial charge in [0.1, 0.15) is 6.04 Å². The molecule has 0 radical (unpaired) electrons. The number of hydrogen-bond acceptors (Lipinski definition) is 3. The molecule has 124 valence electrons. The molecule has 0 saturated carbocycles. The summed E-state index contributed by atoms with van der Waals surface area (Å²) in [6, 6.07) is 14.3. The van der Waals surface area contributed by atoms with Crippen molar-refractivity contribution in [2.24, 2.45) is 0 Å². The lowest BCUT2D eigenvalue weighted by Crippen LogP contribution is -2.43. The molecule has 4 nitrogen and oxygen atoms in total. The monoisotopic (exact) mass is 314 g/mol. The minimum absolute atomic E-state index is 0.0390. The van der Waals surface area contributed by atoms with E-state index >= 15 is 0 Å². The topological polar surface area (TPSA) is 41.6 Å². The van der Waals surface area contributed by atoms with Crippen LogP contribution in [-0.4, -0.2) is 38.8 Å². The number of fused-ring (bicyclic) bond motifs is 1. The van der Waals surface area contributed by atoms with Gasteiger partial charge in [0.25, 0.3) is 0 Å². The van der Waals surface area contributed by atoms with Gasteiger partial charge in [-0.25, -0.2) is 0 Å². The van der Waals surface area contributed by atoms with Gasteiger partial charge < -0.3 is 15.0 Å². The van der Waals surface area contributed by atoms with E-state index in [0.29, 0.717) is 13.2 Å². The number of nitrogens with one attached hydrogen (secondary N) is 1. The summed E-state index contributed by atoms with van der Waals surface area (Å²) in [6.07, 6.45) is 0.839. The largest absolute Gasteiger partial charge is 0.382 e. The van der Waals surface area contributed by atoms with Crippen molar-refractivity contribution < 1.29 is 9.53 Å². The maximum Gasteiger partial charge on any atom is 0.242 e. The third-order valence-electron chi connectivity index (χ3n) is 4.07. The van der Waals surface area contributed by atoms with Gasteiger partial charge in [-0.05, 0) is 43.2 Å². The number of rotatable bonds is 8. The summed E-state index contributed by atoms with van der Waals surface area (Å²) >= 11 is 0. The fourth-order valence-electron chi connectivity index (χ4n) is 2.47. The Bertz CT molecular complexity index is 642. The van der Waals surface area contributed by atoms with Gasteiger partial charge in [0.2, 0.25) is 5.91 Å². The summed E-state index contributed by atoms with van der Waals surface area (Å²) in [4.78, 5) is 14.3. The number of carbonyl (C=O) groups is 1. The maximum atomic E-state index is 12.3. The van der Waals surface area contributed by atoms with Crippen molar-refractivity contribution in [2.45, 2.75) is 26.3 Å². The van der Waals surface area contributed by atoms with Crippen LogP contribution in [0.1, 0.15) is 20.3 Å². The van der Waals surface area contributed by atoms with Gasteiger partial charge in [0, 0.05) is 32.5 Å². The molecule has 2 rings (SSSR count). The molecule has 0 saturated heterocycles. The summed E-state index contributed by atoms with van der Waals surface area (Å²) in [7, 11) is 1.95. The van der Waals surface area contributed by atoms with Crippen LogP contribution in [0, 0.1) is 0 Å². The average Bonchev–Trinajstić information content (AvgIpc) is 2.59. The van der Waals surface area contributed by atoms with E-state index < -0.39 is 0 Å². The summed E-state index contributed by atoms with van der Waals surface area (Å²) in [6.45, 7) is 5.95. The number of carbonyl (C=O) groups excluding carboxylic acids is 1. The first-order chi connectivity index (χ1) is 11.1. The molecule has 1 N–H and O–H groups in total. The highest BCUT2D eigenvalue weighted by Crippen LogP contribution is 2.22. The first-order valence-electron chi connectivity index (χ1n) is 8.20. The average molecular weight is 314 g/mol. The van der Waals surface area contributed by atoms with E-state index in [2.05, 4.69) is 35.6 Å². The third-order valence-corrected chi connectivity index (χ3v) is 4.07. The first kappa shape index (κ1) is 17.3. The normalized spacial score (nSPS) is 12.1. The predicted octanol–water partition coefficient (Wildman–Crippen LogP) is 3.21. The van der Waals surface area contributed by atoms with E-state index in [1.807, 2.05) is 37.9 Å². The van der Waals surface area contributed by atoms with Crippen molar-refractivity contribution >= 4 is 22.4 Å². The number of hydrogen-bond donors (Lipinski definition) is 1. The van der Waals surface area contributed by atoms with Gasteiger partial charge >= 0.3 is 0 Å². The van der Waals surface area contributed by atoms with Gasteiger partial charge in [-0.3, -0.25) is 4.79 Å². The molecule has 0 aliphatic heterocycles. The van der Waals surface area contributed by atoms with Crippen LogP contribution in [0.25, 0.3) is 10.8 Å². The zero-order chi connectivity index (χ0) is 16.7. The quantitative estimate of drug-likeness (QED) is 0.761. The molecule has 1 amide bonds. The molecule has 0 aliphatic rings. The van der Waals surface area contributed by atoms with Crippen molar-refractivity contribution in [3.05, 3.63) is 42.5 Å². The Hall–Kier alpha value is -2.07. The summed E-state index contributed by atoms with van der Waals surface area (Å²) in [5.74, 6) is 0.0390. The number of nitrogens with zero attached hydrogens (tertiary/aromatic N) is 1. The van der Waals surface area contributed by atoms with E-state index in [-0.39, 0.29) is 11.9 Å². The molecular weight excluding hydrogens is 288 g/mol. The molecule has 0 bridgehead atoms. The minimum Gasteiger partial charge on any atom is -0.382 e. The van der Waals surface area contributed by atoms with Crippen molar-refractivity contribution in [1.29, 1.82) is 0 Å². The Morgan fingerprint density at radius 2 is 1.96 bits per heavy atom. The highest BCUT2D eigenvalue weighted by Gasteiger charge is 2.18. The Morgan fingerprint density at radius 3 is 2.70 bits per heavy atom. The Balaban J connectivity index is 1.94. The number of benzene rings is 2. The molecule has 0 aliphatic carbocycles. The SMILES string of the molecule is CCOCCCNC(=O)C(C)N(C)c1ccc2ccccc2c1. The number of anilines is 1. The van der Waals surface area contributed by atoms with Crippen molar-refractivity contribution in [2.75, 3.05) is 31.7 Å². The van der Waals surface area contributed by atoms with Crippen LogP contribution in [-0.2, 0) is 9.53 Å². The second-order valence-corrected chi connectivity index (χ2v) is 5.66. The Kier molecular flexibility index (Phi) is 6.41. The fraction of sp³-hybridized carbons (Fsp3) is 0.421. The van der Waals surface area contributed by atoms with E-state index in [0.717, 1.165) is 18.7 Å². The minimum atomic E-state index is -0.219. The Morgan fingerprint density at radius 1 is 1.22 bits per heavy atom. The van der Waals surface area contributed by atoms with Crippen LogP contribution < -0.4 is 10.2 Å². The van der Waals surface area contributed by atoms with Crippen LogP contribution in [0.4, 0.5) is 5.69 Å². The Labute approximate surface area is 138 Å². The summed E-state index contributed by atoms with van der Waals surface area (Å²) in [5, 5.41) is 5.36. The predicted molar refractivity (Wildman–Crippen MR) is 95.9 cm³/mol. The first-order valence-corrected chi connectivity index (χ1v) is 8.20. The fourth-order valence-corrected chi connectivity index (χ4v) is 2.47.